The quantitative estimate of drug-likeness (QED) is 0.658. The Labute approximate surface area is 152 Å². The molecule has 4 nitrogen and oxygen atoms in total. The second-order valence-electron chi connectivity index (χ2n) is 5.91. The average Bonchev–Trinajstić information content (AvgIpc) is 2.68. The number of carbonyl (C=O) groups excluding carboxylic acids is 1. The monoisotopic (exact) mass is 347 g/mol. The third-order valence-electron chi connectivity index (χ3n) is 4.09. The molecule has 0 bridgehead atoms. The SMILES string of the molecule is COc1ccc(Cc2ccc(C(=O)[O-])cc2OCc2ccccc2)cc1. The van der Waals surface area contributed by atoms with Crippen molar-refractivity contribution < 1.29 is 19.4 Å². The van der Waals surface area contributed by atoms with Gasteiger partial charge in [0, 0.05) is 12.0 Å². The Morgan fingerprint density at radius 2 is 1.65 bits per heavy atom. The number of carboxylic acid groups (broad SMARTS) is 1. The van der Waals surface area contributed by atoms with Crippen LogP contribution in [0.25, 0.3) is 0 Å². The molecule has 3 aromatic rings. The van der Waals surface area contributed by atoms with Crippen molar-refractivity contribution >= 4 is 5.97 Å². The number of rotatable bonds is 7. The van der Waals surface area contributed by atoms with Gasteiger partial charge in [0.1, 0.15) is 18.1 Å². The topological polar surface area (TPSA) is 58.6 Å². The minimum atomic E-state index is -1.22. The highest BCUT2D eigenvalue weighted by atomic mass is 16.5. The fraction of sp³-hybridized carbons (Fsp3) is 0.136. The molecule has 3 aromatic carbocycles. The molecule has 4 heteroatoms. The molecule has 0 aliphatic carbocycles. The Balaban J connectivity index is 1.83. The van der Waals surface area contributed by atoms with E-state index in [4.69, 9.17) is 9.47 Å². The molecule has 0 saturated heterocycles. The zero-order valence-electron chi connectivity index (χ0n) is 14.5. The van der Waals surface area contributed by atoms with Gasteiger partial charge in [0.05, 0.1) is 13.1 Å². The number of aromatic carboxylic acids is 1. The summed E-state index contributed by atoms with van der Waals surface area (Å²) in [6.45, 7) is 0.368. The molecule has 0 N–H and O–H groups in total. The van der Waals surface area contributed by atoms with Gasteiger partial charge in [-0.25, -0.2) is 0 Å². The van der Waals surface area contributed by atoms with Crippen LogP contribution in [0.1, 0.15) is 27.0 Å². The molecule has 0 radical (unpaired) electrons. The number of carboxylic acids is 1. The molecule has 0 unspecified atom stereocenters. The predicted octanol–water partition coefficient (Wildman–Crippen LogP) is 3.23. The van der Waals surface area contributed by atoms with Crippen LogP contribution in [0.4, 0.5) is 0 Å². The summed E-state index contributed by atoms with van der Waals surface area (Å²) >= 11 is 0. The van der Waals surface area contributed by atoms with Crippen LogP contribution in [0.15, 0.2) is 72.8 Å². The van der Waals surface area contributed by atoms with Crippen molar-refractivity contribution in [2.45, 2.75) is 13.0 Å². The highest BCUT2D eigenvalue weighted by Gasteiger charge is 2.08. The maximum atomic E-state index is 11.2. The van der Waals surface area contributed by atoms with Crippen molar-refractivity contribution in [3.8, 4) is 11.5 Å². The molecule has 0 aliphatic rings. The summed E-state index contributed by atoms with van der Waals surface area (Å²) in [7, 11) is 1.63. The molecule has 0 amide bonds. The lowest BCUT2D eigenvalue weighted by Crippen LogP contribution is -2.22. The van der Waals surface area contributed by atoms with Crippen molar-refractivity contribution in [1.82, 2.24) is 0 Å². The first kappa shape index (κ1) is 17.5. The molecule has 132 valence electrons. The van der Waals surface area contributed by atoms with Crippen LogP contribution >= 0.6 is 0 Å². The van der Waals surface area contributed by atoms with Gasteiger partial charge in [-0.2, -0.15) is 0 Å². The first-order valence-electron chi connectivity index (χ1n) is 8.29. The smallest absolute Gasteiger partial charge is 0.123 e. The van der Waals surface area contributed by atoms with Gasteiger partial charge >= 0.3 is 0 Å². The third kappa shape index (κ3) is 4.42. The first-order valence-corrected chi connectivity index (χ1v) is 8.29. The van der Waals surface area contributed by atoms with E-state index in [0.717, 1.165) is 22.4 Å². The van der Waals surface area contributed by atoms with Gasteiger partial charge < -0.3 is 19.4 Å². The lowest BCUT2D eigenvalue weighted by molar-refractivity contribution is -0.255. The minimum absolute atomic E-state index is 0.103. The standard InChI is InChI=1S/C22H20O4/c1-25-20-11-7-16(8-12-20)13-18-9-10-19(22(23)24)14-21(18)26-15-17-5-3-2-4-6-17/h2-12,14H,13,15H2,1H3,(H,23,24)/p-1. The van der Waals surface area contributed by atoms with Crippen molar-refractivity contribution in [3.63, 3.8) is 0 Å². The molecule has 0 heterocycles. The largest absolute Gasteiger partial charge is 0.545 e. The van der Waals surface area contributed by atoms with Gasteiger partial charge in [0.15, 0.2) is 0 Å². The molecule has 0 aliphatic heterocycles. The molecule has 0 fully saturated rings. The first-order chi connectivity index (χ1) is 12.7. The Hall–Kier alpha value is -3.27. The average molecular weight is 347 g/mol. The second kappa shape index (κ2) is 8.21. The fourth-order valence-corrected chi connectivity index (χ4v) is 2.66. The molecule has 0 atom stereocenters. The van der Waals surface area contributed by atoms with E-state index in [2.05, 4.69) is 0 Å². The van der Waals surface area contributed by atoms with E-state index in [1.54, 1.807) is 19.2 Å². The normalized spacial score (nSPS) is 10.3. The molecular weight excluding hydrogens is 328 g/mol. The Kier molecular flexibility index (Phi) is 5.54. The van der Waals surface area contributed by atoms with Gasteiger partial charge in [0.25, 0.3) is 0 Å². The highest BCUT2D eigenvalue weighted by molar-refractivity contribution is 5.86. The Morgan fingerprint density at radius 3 is 2.31 bits per heavy atom. The summed E-state index contributed by atoms with van der Waals surface area (Å²) in [5.41, 5.74) is 3.11. The van der Waals surface area contributed by atoms with Crippen LogP contribution in [0, 0.1) is 0 Å². The van der Waals surface area contributed by atoms with Crippen LogP contribution in [-0.2, 0) is 13.0 Å². The Morgan fingerprint density at radius 1 is 0.923 bits per heavy atom. The van der Waals surface area contributed by atoms with Gasteiger partial charge in [-0.1, -0.05) is 54.6 Å². The molecular formula is C22H19O4-. The van der Waals surface area contributed by atoms with Gasteiger partial charge in [0.2, 0.25) is 0 Å². The molecule has 0 spiro atoms. The number of benzene rings is 3. The zero-order chi connectivity index (χ0) is 18.4. The lowest BCUT2D eigenvalue weighted by atomic mass is 10.0. The zero-order valence-corrected chi connectivity index (χ0v) is 14.5. The summed E-state index contributed by atoms with van der Waals surface area (Å²) < 4.78 is 11.1. The summed E-state index contributed by atoms with van der Waals surface area (Å²) in [5, 5.41) is 11.2. The summed E-state index contributed by atoms with van der Waals surface area (Å²) in [4.78, 5) is 11.2. The number of carbonyl (C=O) groups is 1. The maximum Gasteiger partial charge on any atom is 0.123 e. The van der Waals surface area contributed by atoms with E-state index < -0.39 is 5.97 Å². The van der Waals surface area contributed by atoms with Crippen molar-refractivity contribution in [1.29, 1.82) is 0 Å². The molecule has 0 saturated carbocycles. The molecule has 0 aromatic heterocycles. The molecule has 26 heavy (non-hydrogen) atoms. The number of hydrogen-bond acceptors (Lipinski definition) is 4. The van der Waals surface area contributed by atoms with Gasteiger partial charge in [-0.3, -0.25) is 0 Å². The fourth-order valence-electron chi connectivity index (χ4n) is 2.66. The number of methoxy groups -OCH3 is 1. The second-order valence-corrected chi connectivity index (χ2v) is 5.91. The van der Waals surface area contributed by atoms with Gasteiger partial charge in [-0.05, 0) is 34.9 Å². The van der Waals surface area contributed by atoms with Crippen molar-refractivity contribution in [3.05, 3.63) is 95.1 Å². The number of hydrogen-bond donors (Lipinski definition) is 0. The predicted molar refractivity (Wildman–Crippen MR) is 97.3 cm³/mol. The van der Waals surface area contributed by atoms with Crippen LogP contribution < -0.4 is 14.6 Å². The Bertz CT molecular complexity index is 870. The highest BCUT2D eigenvalue weighted by Crippen LogP contribution is 2.25. The van der Waals surface area contributed by atoms with E-state index in [9.17, 15) is 9.90 Å². The van der Waals surface area contributed by atoms with Crippen molar-refractivity contribution in [2.24, 2.45) is 0 Å². The molecule has 3 rings (SSSR count). The van der Waals surface area contributed by atoms with E-state index in [-0.39, 0.29) is 5.56 Å². The third-order valence-corrected chi connectivity index (χ3v) is 4.09. The van der Waals surface area contributed by atoms with Crippen LogP contribution in [0.2, 0.25) is 0 Å². The number of ether oxygens (including phenoxy) is 2. The summed E-state index contributed by atoms with van der Waals surface area (Å²) in [6.07, 6.45) is 0.626. The van der Waals surface area contributed by atoms with Crippen LogP contribution in [0.5, 0.6) is 11.5 Å². The summed E-state index contributed by atoms with van der Waals surface area (Å²) in [5.74, 6) is 0.124. The van der Waals surface area contributed by atoms with Crippen LogP contribution in [-0.4, -0.2) is 13.1 Å². The van der Waals surface area contributed by atoms with E-state index in [1.807, 2.05) is 54.6 Å². The van der Waals surface area contributed by atoms with E-state index in [1.165, 1.54) is 6.07 Å². The maximum absolute atomic E-state index is 11.2. The van der Waals surface area contributed by atoms with E-state index >= 15 is 0 Å². The summed E-state index contributed by atoms with van der Waals surface area (Å²) in [6, 6.07) is 22.3. The minimum Gasteiger partial charge on any atom is -0.545 e. The lowest BCUT2D eigenvalue weighted by Gasteiger charge is -2.14. The van der Waals surface area contributed by atoms with E-state index in [0.29, 0.717) is 18.8 Å². The van der Waals surface area contributed by atoms with Crippen molar-refractivity contribution in [2.75, 3.05) is 7.11 Å². The van der Waals surface area contributed by atoms with Gasteiger partial charge in [-0.15, -0.1) is 0 Å². The van der Waals surface area contributed by atoms with Crippen LogP contribution in [0.3, 0.4) is 0 Å².